The summed E-state index contributed by atoms with van der Waals surface area (Å²) in [6, 6.07) is 5.93. The van der Waals surface area contributed by atoms with Crippen LogP contribution in [0.25, 0.3) is 0 Å². The fourth-order valence-corrected chi connectivity index (χ4v) is 1.69. The van der Waals surface area contributed by atoms with Gasteiger partial charge in [-0.15, -0.1) is 11.8 Å². The lowest BCUT2D eigenvalue weighted by Crippen LogP contribution is -2.06. The van der Waals surface area contributed by atoms with E-state index in [-0.39, 0.29) is 6.10 Å². The topological polar surface area (TPSA) is 33.1 Å². The molecule has 1 aromatic rings. The molecule has 0 aliphatic carbocycles. The molecule has 1 N–H and O–H groups in total. The second-order valence-corrected chi connectivity index (χ2v) is 4.55. The molecule has 0 saturated carbocycles. The van der Waals surface area contributed by atoms with Crippen molar-refractivity contribution in [3.8, 4) is 5.75 Å². The van der Waals surface area contributed by atoms with E-state index in [1.807, 2.05) is 45.2 Å². The maximum absolute atomic E-state index is 7.76. The second-order valence-electron chi connectivity index (χ2n) is 3.73. The smallest absolute Gasteiger partial charge is 0.120 e. The number of benzene rings is 1. The lowest BCUT2D eigenvalue weighted by molar-refractivity contribution is 0.242. The van der Waals surface area contributed by atoms with Crippen molar-refractivity contribution >= 4 is 16.8 Å². The molecule has 2 nitrogen and oxygen atoms in total. The zero-order chi connectivity index (χ0) is 11.4. The van der Waals surface area contributed by atoms with Gasteiger partial charge < -0.3 is 4.74 Å². The first kappa shape index (κ1) is 12.1. The number of ether oxygens (including phenoxy) is 1. The van der Waals surface area contributed by atoms with Gasteiger partial charge >= 0.3 is 0 Å². The van der Waals surface area contributed by atoms with E-state index in [1.54, 1.807) is 0 Å². The summed E-state index contributed by atoms with van der Waals surface area (Å²) in [6.07, 6.45) is 2.08. The summed E-state index contributed by atoms with van der Waals surface area (Å²) >= 11 is 1.44. The van der Waals surface area contributed by atoms with E-state index in [1.165, 1.54) is 11.8 Å². The molecule has 0 radical (unpaired) electrons. The van der Waals surface area contributed by atoms with E-state index < -0.39 is 0 Å². The Hall–Kier alpha value is -0.960. The van der Waals surface area contributed by atoms with Crippen molar-refractivity contribution < 1.29 is 4.74 Å². The lowest BCUT2D eigenvalue weighted by Gasteiger charge is -2.12. The molecule has 1 aromatic carbocycles. The fourth-order valence-electron chi connectivity index (χ4n) is 1.34. The molecular formula is C12H17NOS. The van der Waals surface area contributed by atoms with E-state index in [2.05, 4.69) is 0 Å². The van der Waals surface area contributed by atoms with Crippen molar-refractivity contribution in [2.75, 3.05) is 6.26 Å². The van der Waals surface area contributed by atoms with Crippen LogP contribution in [0.15, 0.2) is 18.2 Å². The summed E-state index contributed by atoms with van der Waals surface area (Å²) in [6.45, 7) is 6.02. The SMILES string of the molecule is CSC(=N)c1cc(C)cc(OC(C)C)c1. The van der Waals surface area contributed by atoms with Crippen molar-refractivity contribution in [3.05, 3.63) is 29.3 Å². The van der Waals surface area contributed by atoms with Crippen LogP contribution in [0.5, 0.6) is 5.75 Å². The first-order valence-corrected chi connectivity index (χ1v) is 6.16. The van der Waals surface area contributed by atoms with E-state index in [4.69, 9.17) is 10.1 Å². The lowest BCUT2D eigenvalue weighted by atomic mass is 10.1. The summed E-state index contributed by atoms with van der Waals surface area (Å²) in [4.78, 5) is 0. The van der Waals surface area contributed by atoms with Crippen LogP contribution < -0.4 is 4.74 Å². The molecule has 82 valence electrons. The minimum absolute atomic E-state index is 0.170. The monoisotopic (exact) mass is 223 g/mol. The van der Waals surface area contributed by atoms with E-state index >= 15 is 0 Å². The van der Waals surface area contributed by atoms with Gasteiger partial charge in [0.25, 0.3) is 0 Å². The van der Waals surface area contributed by atoms with Gasteiger partial charge in [-0.05, 0) is 50.8 Å². The zero-order valence-corrected chi connectivity index (χ0v) is 10.4. The second kappa shape index (κ2) is 5.21. The third kappa shape index (κ3) is 3.59. The highest BCUT2D eigenvalue weighted by molar-refractivity contribution is 8.13. The number of aryl methyl sites for hydroxylation is 1. The van der Waals surface area contributed by atoms with Gasteiger partial charge in [-0.25, -0.2) is 0 Å². The Labute approximate surface area is 95.5 Å². The Bertz CT molecular complexity index is 361. The van der Waals surface area contributed by atoms with Crippen LogP contribution in [-0.2, 0) is 0 Å². The van der Waals surface area contributed by atoms with Gasteiger partial charge in [0.1, 0.15) is 5.75 Å². The maximum atomic E-state index is 7.76. The van der Waals surface area contributed by atoms with Crippen LogP contribution in [-0.4, -0.2) is 17.4 Å². The third-order valence-corrected chi connectivity index (χ3v) is 2.53. The Kier molecular flexibility index (Phi) is 4.21. The van der Waals surface area contributed by atoms with Crippen molar-refractivity contribution in [1.82, 2.24) is 0 Å². The molecule has 0 atom stereocenters. The summed E-state index contributed by atoms with van der Waals surface area (Å²) in [5.41, 5.74) is 2.06. The maximum Gasteiger partial charge on any atom is 0.120 e. The van der Waals surface area contributed by atoms with Gasteiger partial charge in [0.05, 0.1) is 11.1 Å². The van der Waals surface area contributed by atoms with Crippen LogP contribution in [0, 0.1) is 12.3 Å². The highest BCUT2D eigenvalue weighted by Gasteiger charge is 2.05. The standard InChI is InChI=1S/C12H17NOS/c1-8(2)14-11-6-9(3)5-10(7-11)12(13)15-4/h5-8,13H,1-4H3. The molecule has 0 bridgehead atoms. The van der Waals surface area contributed by atoms with Gasteiger partial charge in [0, 0.05) is 5.56 Å². The van der Waals surface area contributed by atoms with Crippen LogP contribution in [0.4, 0.5) is 0 Å². The molecule has 0 heterocycles. The van der Waals surface area contributed by atoms with Crippen LogP contribution >= 0.6 is 11.8 Å². The van der Waals surface area contributed by atoms with Gasteiger partial charge in [0.15, 0.2) is 0 Å². The van der Waals surface area contributed by atoms with Gasteiger partial charge in [-0.1, -0.05) is 0 Å². The van der Waals surface area contributed by atoms with E-state index in [0.29, 0.717) is 5.04 Å². The number of hydrogen-bond acceptors (Lipinski definition) is 3. The molecule has 0 fully saturated rings. The van der Waals surface area contributed by atoms with Gasteiger partial charge in [-0.2, -0.15) is 0 Å². The zero-order valence-electron chi connectivity index (χ0n) is 9.63. The van der Waals surface area contributed by atoms with Crippen LogP contribution in [0.2, 0.25) is 0 Å². The Morgan fingerprint density at radius 1 is 1.33 bits per heavy atom. The minimum Gasteiger partial charge on any atom is -0.491 e. The molecule has 0 amide bonds. The number of nitrogens with one attached hydrogen (secondary N) is 1. The van der Waals surface area contributed by atoms with Crippen molar-refractivity contribution in [1.29, 1.82) is 5.41 Å². The van der Waals surface area contributed by atoms with E-state index in [9.17, 15) is 0 Å². The minimum atomic E-state index is 0.170. The largest absolute Gasteiger partial charge is 0.491 e. The Morgan fingerprint density at radius 2 is 2.00 bits per heavy atom. The predicted molar refractivity (Wildman–Crippen MR) is 67.3 cm³/mol. The van der Waals surface area contributed by atoms with Crippen molar-refractivity contribution in [3.63, 3.8) is 0 Å². The van der Waals surface area contributed by atoms with Gasteiger partial charge in [0.2, 0.25) is 0 Å². The van der Waals surface area contributed by atoms with E-state index in [0.717, 1.165) is 16.9 Å². The molecule has 0 unspecified atom stereocenters. The molecule has 0 aliphatic rings. The first-order chi connectivity index (χ1) is 7.02. The van der Waals surface area contributed by atoms with Crippen LogP contribution in [0.3, 0.4) is 0 Å². The van der Waals surface area contributed by atoms with Crippen molar-refractivity contribution in [2.45, 2.75) is 26.9 Å². The summed E-state index contributed by atoms with van der Waals surface area (Å²) in [5.74, 6) is 0.846. The quantitative estimate of drug-likeness (QED) is 0.628. The Morgan fingerprint density at radius 3 is 2.53 bits per heavy atom. The molecule has 0 aromatic heterocycles. The number of rotatable bonds is 3. The first-order valence-electron chi connectivity index (χ1n) is 4.94. The molecule has 0 spiro atoms. The highest BCUT2D eigenvalue weighted by atomic mass is 32.2. The average Bonchev–Trinajstić information content (AvgIpc) is 2.14. The molecular weight excluding hydrogens is 206 g/mol. The fraction of sp³-hybridized carbons (Fsp3) is 0.417. The normalized spacial score (nSPS) is 10.5. The molecule has 3 heteroatoms. The summed E-state index contributed by atoms with van der Waals surface area (Å²) in [5, 5.41) is 8.34. The summed E-state index contributed by atoms with van der Waals surface area (Å²) in [7, 11) is 0. The number of thioether (sulfide) groups is 1. The molecule has 1 rings (SSSR count). The van der Waals surface area contributed by atoms with Gasteiger partial charge in [-0.3, -0.25) is 5.41 Å². The third-order valence-electron chi connectivity index (χ3n) is 1.89. The summed E-state index contributed by atoms with van der Waals surface area (Å²) < 4.78 is 5.62. The highest BCUT2D eigenvalue weighted by Crippen LogP contribution is 2.20. The average molecular weight is 223 g/mol. The number of hydrogen-bond donors (Lipinski definition) is 1. The van der Waals surface area contributed by atoms with Crippen molar-refractivity contribution in [2.24, 2.45) is 0 Å². The molecule has 0 saturated heterocycles. The van der Waals surface area contributed by atoms with Crippen LogP contribution in [0.1, 0.15) is 25.0 Å². The Balaban J connectivity index is 2.99. The molecule has 0 aliphatic heterocycles. The predicted octanol–water partition coefficient (Wildman–Crippen LogP) is 3.47. The molecule has 15 heavy (non-hydrogen) atoms.